The second-order valence-electron chi connectivity index (χ2n) is 41.8. The summed E-state index contributed by atoms with van der Waals surface area (Å²) in [6, 6.07) is 140. The molecule has 2 aliphatic carbocycles. The van der Waals surface area contributed by atoms with Crippen LogP contribution in [0.25, 0.3) is 22.3 Å². The summed E-state index contributed by atoms with van der Waals surface area (Å²) in [4.78, 5) is 9.91. The summed E-state index contributed by atoms with van der Waals surface area (Å²) in [6.45, 7) is 40.7. The molecule has 21 rings (SSSR count). The van der Waals surface area contributed by atoms with E-state index >= 15 is 0 Å². The van der Waals surface area contributed by atoms with Crippen molar-refractivity contribution in [3.05, 3.63) is 509 Å². The molecule has 17 aromatic rings. The quantitative estimate of drug-likeness (QED) is 0.0598. The van der Waals surface area contributed by atoms with E-state index in [0.717, 1.165) is 48.4 Å². The third-order valence-corrected chi connectivity index (χ3v) is 30.7. The molecule has 0 fully saturated rings. The van der Waals surface area contributed by atoms with Crippen molar-refractivity contribution in [3.8, 4) is 22.3 Å². The fourth-order valence-corrected chi connectivity index (χ4v) is 22.7. The lowest BCUT2D eigenvalue weighted by molar-refractivity contribution is 0.656. The van der Waals surface area contributed by atoms with Gasteiger partial charge in [-0.05, 0) is 365 Å². The van der Waals surface area contributed by atoms with Crippen LogP contribution in [0.4, 0.5) is 68.2 Å². The van der Waals surface area contributed by atoms with Gasteiger partial charge in [-0.2, -0.15) is 0 Å². The Morgan fingerprint density at radius 2 is 0.400 bits per heavy atom. The van der Waals surface area contributed by atoms with Gasteiger partial charge < -0.3 is 19.6 Å². The average molecular weight is 1830 g/mol. The lowest BCUT2D eigenvalue weighted by Crippen LogP contribution is -2.38. The first kappa shape index (κ1) is 94.9. The molecule has 0 bridgehead atoms. The number of fused-ring (bicyclic) bond motifs is 10. The van der Waals surface area contributed by atoms with Crippen molar-refractivity contribution in [1.82, 2.24) is 0 Å². The van der Waals surface area contributed by atoms with Crippen molar-refractivity contribution in [3.63, 3.8) is 0 Å². The maximum Gasteiger partial charge on any atom is 0.0742 e. The summed E-state index contributed by atoms with van der Waals surface area (Å²) in [5.41, 5.74) is 52.2. The molecule has 0 unspecified atom stereocenters. The molecule has 0 N–H and O–H groups in total. The van der Waals surface area contributed by atoms with E-state index in [1.54, 1.807) is 0 Å². The van der Waals surface area contributed by atoms with Crippen LogP contribution in [0.2, 0.25) is 0 Å². The fourth-order valence-electron chi connectivity index (χ4n) is 22.7. The van der Waals surface area contributed by atoms with Crippen molar-refractivity contribution in [1.29, 1.82) is 0 Å². The van der Waals surface area contributed by atoms with E-state index in [2.05, 4.69) is 508 Å². The average Bonchev–Trinajstić information content (AvgIpc) is 1.33. The lowest BCUT2D eigenvalue weighted by atomic mass is 9.61. The Kier molecular flexibility index (Phi) is 26.9. The van der Waals surface area contributed by atoms with Gasteiger partial charge in [-0.15, -0.1) is 0 Å². The molecule has 702 valence electrons. The minimum atomic E-state index is -0.671. The highest BCUT2D eigenvalue weighted by Crippen LogP contribution is 2.66. The molecule has 4 nitrogen and oxygen atoms in total. The predicted octanol–water partition coefficient (Wildman–Crippen LogP) is 37.4. The highest BCUT2D eigenvalue weighted by molar-refractivity contribution is 5.98. The zero-order valence-corrected chi connectivity index (χ0v) is 85.9. The van der Waals surface area contributed by atoms with Crippen molar-refractivity contribution in [2.45, 2.75) is 223 Å². The summed E-state index contributed by atoms with van der Waals surface area (Å²) in [6.07, 6.45) is 14.0. The van der Waals surface area contributed by atoms with E-state index in [0.29, 0.717) is 0 Å². The van der Waals surface area contributed by atoms with E-state index in [4.69, 9.17) is 0 Å². The molecular weight excluding hydrogens is 1690 g/mol. The Bertz CT molecular complexity index is 6770. The highest BCUT2D eigenvalue weighted by atomic mass is 15.2. The number of hydrogen-bond donors (Lipinski definition) is 0. The molecule has 0 radical (unpaired) electrons. The Labute approximate surface area is 836 Å². The second kappa shape index (κ2) is 39.7. The van der Waals surface area contributed by atoms with Crippen LogP contribution in [0, 0.1) is 69.2 Å². The Hall–Kier alpha value is -14.1. The van der Waals surface area contributed by atoms with Crippen LogP contribution in [0.5, 0.6) is 0 Å². The van der Waals surface area contributed by atoms with Gasteiger partial charge in [0.25, 0.3) is 0 Å². The Balaban J connectivity index is 0.000000174. The van der Waals surface area contributed by atoms with Crippen LogP contribution >= 0.6 is 0 Å². The van der Waals surface area contributed by atoms with Crippen molar-refractivity contribution in [2.24, 2.45) is 0 Å². The van der Waals surface area contributed by atoms with Gasteiger partial charge in [-0.3, -0.25) is 0 Å². The molecule has 4 heteroatoms. The van der Waals surface area contributed by atoms with Gasteiger partial charge in [-0.25, -0.2) is 0 Å². The van der Waals surface area contributed by atoms with Crippen LogP contribution in [0.1, 0.15) is 251 Å². The van der Waals surface area contributed by atoms with Crippen molar-refractivity contribution < 1.29 is 0 Å². The number of rotatable bonds is 24. The third-order valence-electron chi connectivity index (χ3n) is 30.7. The fraction of sp³-hybridized carbons (Fsp3) is 0.250. The van der Waals surface area contributed by atoms with E-state index in [1.165, 1.54) is 264 Å². The van der Waals surface area contributed by atoms with Crippen LogP contribution < -0.4 is 19.6 Å². The van der Waals surface area contributed by atoms with Gasteiger partial charge in [0.05, 0.1) is 33.6 Å². The van der Waals surface area contributed by atoms with Gasteiger partial charge in [-0.1, -0.05) is 367 Å². The van der Waals surface area contributed by atoms with E-state index in [1.807, 2.05) is 0 Å². The van der Waals surface area contributed by atoms with Crippen molar-refractivity contribution in [2.75, 3.05) is 19.6 Å². The third kappa shape index (κ3) is 17.9. The van der Waals surface area contributed by atoms with Gasteiger partial charge in [0, 0.05) is 56.3 Å². The number of nitrogens with zero attached hydrogens (tertiary/aromatic N) is 4. The monoisotopic (exact) mass is 1830 g/mol. The summed E-state index contributed by atoms with van der Waals surface area (Å²) in [7, 11) is 0. The minimum absolute atomic E-state index is 0.142. The highest BCUT2D eigenvalue weighted by Gasteiger charge is 2.53. The summed E-state index contributed by atoms with van der Waals surface area (Å²) < 4.78 is 0. The first-order chi connectivity index (χ1) is 67.8. The molecule has 0 spiro atoms. The van der Waals surface area contributed by atoms with E-state index in [-0.39, 0.29) is 10.8 Å². The normalized spacial score (nSPS) is 13.8. The zero-order valence-electron chi connectivity index (χ0n) is 85.9. The number of hydrogen-bond acceptors (Lipinski definition) is 4. The second-order valence-corrected chi connectivity index (χ2v) is 41.8. The molecule has 0 saturated carbocycles. The first-order valence-corrected chi connectivity index (χ1v) is 51.7. The smallest absolute Gasteiger partial charge is 0.0742 e. The van der Waals surface area contributed by atoms with Crippen LogP contribution in [-0.2, 0) is 47.3 Å². The first-order valence-electron chi connectivity index (χ1n) is 51.7. The SMILES string of the molecule is CCCCc1ccc(N(c2ccc(C)cc2)c2ccc(N(c3ccc(C)cc3)c3ccc(CCCC)cc3)cc2)cc1.CCCCc1ccc(N2c3ccc(C)cc3C(c3ccc(C)cc3)(c3ccc(C)cc3)c3cc4c(cc32)C(C)(C)c2cc3c(cc2-4)C(c2ccc(C)cc2)(c2ccc(C)cc2)c2cc(C)ccc2N3c2ccc(CCCC)cc2)cc1.Cc1ccc2c(c1)C(C)(C)c1cc(C)ccc1-2. The molecule has 2 aliphatic heterocycles. The predicted molar refractivity (Wildman–Crippen MR) is 599 cm³/mol. The maximum atomic E-state index is 2.66. The van der Waals surface area contributed by atoms with Gasteiger partial charge in [0.15, 0.2) is 0 Å². The number of anilines is 12. The van der Waals surface area contributed by atoms with Gasteiger partial charge in [0.1, 0.15) is 0 Å². The molecule has 0 aromatic heterocycles. The van der Waals surface area contributed by atoms with Crippen LogP contribution in [0.3, 0.4) is 0 Å². The topological polar surface area (TPSA) is 13.0 Å². The largest absolute Gasteiger partial charge is 0.311 e. The lowest BCUT2D eigenvalue weighted by Gasteiger charge is -2.47. The Morgan fingerprint density at radius 3 is 0.664 bits per heavy atom. The molecule has 0 amide bonds. The summed E-state index contributed by atoms with van der Waals surface area (Å²) in [5, 5.41) is 0. The van der Waals surface area contributed by atoms with E-state index in [9.17, 15) is 0 Å². The van der Waals surface area contributed by atoms with Crippen molar-refractivity contribution >= 4 is 68.2 Å². The molecule has 0 saturated heterocycles. The van der Waals surface area contributed by atoms with Crippen LogP contribution in [-0.4, -0.2) is 0 Å². The molecule has 2 heterocycles. The standard InChI is InChI=1S/C79H76N2.C40H44N2.C17H18/c1-11-13-15-57-27-39-63(40-28-57)80-73-43-25-55(7)45-69(73)78(59-31-17-51(3)18-32-59,60-33-19-52(4)20-34-60)71-47-65-66-48-72-76(50-68(66)77(9,10)67(65)49-75(71)80)81(64-41-29-58(30-42-64)16-14-12-2)74-44-26-56(8)46-70(74)79(72,61-35-21-53(5)22-36-61)62-37-23-54(6)24-38-62;1-5-7-9-33-15-23-37(24-16-33)41(35-19-11-31(3)12-20-35)39-27-29-40(30-28-39)42(36-21-13-32(4)14-22-36)38-25-17-34(18-26-38)10-8-6-2;1-11-5-7-13-14-8-6-12(2)10-16(14)17(3,4)15(13)9-11/h17-50H,11-16H2,1-10H3;11-30H,5-10H2,1-4H3;5-10H,1-4H3. The molecular formula is C136H138N4. The Morgan fingerprint density at radius 1 is 0.193 bits per heavy atom. The van der Waals surface area contributed by atoms with Crippen LogP contribution in [0.15, 0.2) is 364 Å². The zero-order chi connectivity index (χ0) is 97.5. The maximum absolute atomic E-state index is 2.66. The van der Waals surface area contributed by atoms with E-state index < -0.39 is 10.8 Å². The molecule has 140 heavy (non-hydrogen) atoms. The summed E-state index contributed by atoms with van der Waals surface area (Å²) >= 11 is 0. The molecule has 4 aliphatic rings. The van der Waals surface area contributed by atoms with Gasteiger partial charge in [0.2, 0.25) is 0 Å². The number of aryl methyl sites for hydroxylation is 14. The number of unbranched alkanes of at least 4 members (excludes halogenated alkanes) is 4. The minimum Gasteiger partial charge on any atom is -0.311 e. The molecule has 17 aromatic carbocycles. The molecule has 0 atom stereocenters. The van der Waals surface area contributed by atoms with Gasteiger partial charge >= 0.3 is 0 Å². The summed E-state index contributed by atoms with van der Waals surface area (Å²) in [5.74, 6) is 0. The number of benzene rings is 17.